The van der Waals surface area contributed by atoms with Crippen molar-refractivity contribution in [3.63, 3.8) is 0 Å². The van der Waals surface area contributed by atoms with Gasteiger partial charge in [0.05, 0.1) is 0 Å². The molecule has 4 nitrogen and oxygen atoms in total. The average molecular weight is 322 g/mol. The average Bonchev–Trinajstić information content (AvgIpc) is 2.63. The number of nitrogens with one attached hydrogen (secondary N) is 1. The van der Waals surface area contributed by atoms with Gasteiger partial charge in [0.15, 0.2) is 0 Å². The van der Waals surface area contributed by atoms with Gasteiger partial charge in [0, 0.05) is 24.8 Å². The summed E-state index contributed by atoms with van der Waals surface area (Å²) in [6.45, 7) is 3.71. The number of anilines is 3. The normalized spacial score (nSPS) is 10.4. The van der Waals surface area contributed by atoms with Crippen LogP contribution in [0.5, 0.6) is 0 Å². The highest BCUT2D eigenvalue weighted by Crippen LogP contribution is 2.20. The van der Waals surface area contributed by atoms with Crippen LogP contribution < -0.4 is 10.2 Å². The minimum absolute atomic E-state index is 0.260. The molecule has 24 heavy (non-hydrogen) atoms. The van der Waals surface area contributed by atoms with E-state index in [2.05, 4.69) is 39.2 Å². The minimum Gasteiger partial charge on any atom is -0.352 e. The Kier molecular flexibility index (Phi) is 5.01. The summed E-state index contributed by atoms with van der Waals surface area (Å²) in [5.74, 6) is 1.27. The number of nitrogens with zero attached hydrogens (tertiary/aromatic N) is 3. The van der Waals surface area contributed by atoms with Crippen molar-refractivity contribution in [2.45, 2.75) is 13.5 Å². The third-order valence-electron chi connectivity index (χ3n) is 3.69. The highest BCUT2D eigenvalue weighted by atomic mass is 19.1. The van der Waals surface area contributed by atoms with E-state index >= 15 is 0 Å². The number of rotatable bonds is 6. The van der Waals surface area contributed by atoms with Crippen molar-refractivity contribution in [3.05, 3.63) is 78.4 Å². The first-order valence-corrected chi connectivity index (χ1v) is 7.88. The van der Waals surface area contributed by atoms with E-state index < -0.39 is 0 Å². The Balaban J connectivity index is 1.76. The van der Waals surface area contributed by atoms with E-state index in [1.807, 2.05) is 24.3 Å². The maximum absolute atomic E-state index is 13.0. The van der Waals surface area contributed by atoms with E-state index in [0.29, 0.717) is 5.82 Å². The highest BCUT2D eigenvalue weighted by Gasteiger charge is 2.08. The topological polar surface area (TPSA) is 41.0 Å². The fourth-order valence-corrected chi connectivity index (χ4v) is 2.43. The number of benzene rings is 2. The molecule has 0 spiro atoms. The van der Waals surface area contributed by atoms with Gasteiger partial charge in [-0.3, -0.25) is 0 Å². The summed E-state index contributed by atoms with van der Waals surface area (Å²) < 4.78 is 13.0. The van der Waals surface area contributed by atoms with Crippen molar-refractivity contribution in [1.29, 1.82) is 0 Å². The molecule has 1 heterocycles. The summed E-state index contributed by atoms with van der Waals surface area (Å²) in [7, 11) is 0. The van der Waals surface area contributed by atoms with Crippen molar-refractivity contribution >= 4 is 17.3 Å². The lowest BCUT2D eigenvalue weighted by Gasteiger charge is -2.22. The fraction of sp³-hybridized carbons (Fsp3) is 0.158. The number of hydrogen-bond acceptors (Lipinski definition) is 4. The number of hydrogen-bond donors (Lipinski definition) is 1. The molecule has 3 rings (SSSR count). The molecular formula is C19H19FN4. The first-order chi connectivity index (χ1) is 11.7. The molecule has 0 fully saturated rings. The third kappa shape index (κ3) is 4.07. The summed E-state index contributed by atoms with van der Waals surface area (Å²) in [4.78, 5) is 10.8. The Morgan fingerprint density at radius 3 is 2.46 bits per heavy atom. The lowest BCUT2D eigenvalue weighted by molar-refractivity contribution is 0.628. The van der Waals surface area contributed by atoms with Gasteiger partial charge in [-0.1, -0.05) is 30.3 Å². The van der Waals surface area contributed by atoms with E-state index in [4.69, 9.17) is 0 Å². The second-order valence-corrected chi connectivity index (χ2v) is 5.39. The van der Waals surface area contributed by atoms with Crippen molar-refractivity contribution in [2.24, 2.45) is 0 Å². The van der Waals surface area contributed by atoms with Gasteiger partial charge in [-0.2, -0.15) is 0 Å². The van der Waals surface area contributed by atoms with Gasteiger partial charge in [-0.15, -0.1) is 0 Å². The Morgan fingerprint density at radius 1 is 1.00 bits per heavy atom. The monoisotopic (exact) mass is 322 g/mol. The van der Waals surface area contributed by atoms with Crippen LogP contribution in [0.1, 0.15) is 12.5 Å². The second kappa shape index (κ2) is 7.55. The van der Waals surface area contributed by atoms with Gasteiger partial charge in [-0.25, -0.2) is 14.4 Å². The van der Waals surface area contributed by atoms with E-state index in [0.717, 1.165) is 24.6 Å². The Morgan fingerprint density at radius 2 is 1.75 bits per heavy atom. The molecule has 0 saturated heterocycles. The fourth-order valence-electron chi connectivity index (χ4n) is 2.43. The second-order valence-electron chi connectivity index (χ2n) is 5.39. The van der Waals surface area contributed by atoms with Crippen LogP contribution in [-0.2, 0) is 6.54 Å². The van der Waals surface area contributed by atoms with Crippen LogP contribution in [0.4, 0.5) is 21.7 Å². The lowest BCUT2D eigenvalue weighted by atomic mass is 10.2. The van der Waals surface area contributed by atoms with Crippen LogP contribution in [-0.4, -0.2) is 16.5 Å². The summed E-state index contributed by atoms with van der Waals surface area (Å²) >= 11 is 0. The molecule has 2 aromatic carbocycles. The zero-order valence-corrected chi connectivity index (χ0v) is 13.5. The lowest BCUT2D eigenvalue weighted by Crippen LogP contribution is -2.23. The smallest absolute Gasteiger partial charge is 0.135 e. The number of halogens is 1. The van der Waals surface area contributed by atoms with Crippen molar-refractivity contribution in [3.8, 4) is 0 Å². The predicted molar refractivity (Wildman–Crippen MR) is 94.9 cm³/mol. The van der Waals surface area contributed by atoms with Gasteiger partial charge in [-0.05, 0) is 36.8 Å². The molecule has 0 aliphatic carbocycles. The molecule has 3 aromatic rings. The molecule has 0 aliphatic heterocycles. The standard InChI is InChI=1S/C19H19FN4/c1-2-24(13-15-6-4-3-5-7-15)19-12-18(21-14-22-19)23-17-10-8-16(20)9-11-17/h3-12,14H,2,13H2,1H3,(H,21,22,23). The van der Waals surface area contributed by atoms with Crippen LogP contribution in [0.15, 0.2) is 67.0 Å². The molecule has 0 unspecified atom stereocenters. The SMILES string of the molecule is CCN(Cc1ccccc1)c1cc(Nc2ccc(F)cc2)ncn1. The van der Waals surface area contributed by atoms with Crippen LogP contribution in [0.25, 0.3) is 0 Å². The van der Waals surface area contributed by atoms with Crippen molar-refractivity contribution in [1.82, 2.24) is 9.97 Å². The molecule has 0 radical (unpaired) electrons. The first kappa shape index (κ1) is 15.9. The Bertz CT molecular complexity index is 775. The highest BCUT2D eigenvalue weighted by molar-refractivity contribution is 5.59. The minimum atomic E-state index is -0.260. The van der Waals surface area contributed by atoms with Gasteiger partial charge in [0.2, 0.25) is 0 Å². The maximum atomic E-state index is 13.0. The zero-order chi connectivity index (χ0) is 16.8. The van der Waals surface area contributed by atoms with E-state index in [1.54, 1.807) is 12.1 Å². The molecule has 0 amide bonds. The molecular weight excluding hydrogens is 303 g/mol. The quantitative estimate of drug-likeness (QED) is 0.731. The molecule has 0 atom stereocenters. The summed E-state index contributed by atoms with van der Waals surface area (Å²) in [5, 5.41) is 3.17. The molecule has 0 aliphatic rings. The van der Waals surface area contributed by atoms with Crippen LogP contribution in [0.2, 0.25) is 0 Å². The summed E-state index contributed by atoms with van der Waals surface area (Å²) in [6, 6.07) is 18.4. The largest absolute Gasteiger partial charge is 0.352 e. The predicted octanol–water partition coefficient (Wildman–Crippen LogP) is 4.39. The van der Waals surface area contributed by atoms with E-state index in [9.17, 15) is 4.39 Å². The van der Waals surface area contributed by atoms with Gasteiger partial charge in [0.25, 0.3) is 0 Å². The Hall–Kier alpha value is -2.95. The molecule has 122 valence electrons. The Labute approximate surface area is 141 Å². The van der Waals surface area contributed by atoms with Crippen LogP contribution >= 0.6 is 0 Å². The van der Waals surface area contributed by atoms with Crippen LogP contribution in [0.3, 0.4) is 0 Å². The van der Waals surface area contributed by atoms with Crippen molar-refractivity contribution in [2.75, 3.05) is 16.8 Å². The molecule has 1 aromatic heterocycles. The van der Waals surface area contributed by atoms with E-state index in [1.165, 1.54) is 24.0 Å². The van der Waals surface area contributed by atoms with Crippen LogP contribution in [0, 0.1) is 5.82 Å². The molecule has 0 bridgehead atoms. The number of aromatic nitrogens is 2. The summed E-state index contributed by atoms with van der Waals surface area (Å²) in [5.41, 5.74) is 2.01. The third-order valence-corrected chi connectivity index (χ3v) is 3.69. The van der Waals surface area contributed by atoms with Gasteiger partial charge in [0.1, 0.15) is 23.8 Å². The molecule has 1 N–H and O–H groups in total. The van der Waals surface area contributed by atoms with E-state index in [-0.39, 0.29) is 5.82 Å². The first-order valence-electron chi connectivity index (χ1n) is 7.88. The van der Waals surface area contributed by atoms with Crippen molar-refractivity contribution < 1.29 is 4.39 Å². The molecule has 0 saturated carbocycles. The molecule has 5 heteroatoms. The maximum Gasteiger partial charge on any atom is 0.135 e. The zero-order valence-electron chi connectivity index (χ0n) is 13.5. The van der Waals surface area contributed by atoms with Gasteiger partial charge >= 0.3 is 0 Å². The summed E-state index contributed by atoms with van der Waals surface area (Å²) in [6.07, 6.45) is 1.54. The van der Waals surface area contributed by atoms with Gasteiger partial charge < -0.3 is 10.2 Å².